The van der Waals surface area contributed by atoms with E-state index < -0.39 is 0 Å². The normalized spacial score (nSPS) is 10.9. The summed E-state index contributed by atoms with van der Waals surface area (Å²) < 4.78 is 4.93. The standard InChI is InChI=1S/C27H45N2S.ClH/c1-3-5-7-8-9-10-11-12-13-17-21-28-22-23-29(25-30-24-18-6-4-2)27(28)26-19-15-14-16-20-26;/h14-16,19-20,22-23H,3-13,17-18,21,24-25H2,1-2H3;1H/q+1;/p-1. The fourth-order valence-electron chi connectivity index (χ4n) is 4.06. The highest BCUT2D eigenvalue weighted by atomic mass is 35.5. The summed E-state index contributed by atoms with van der Waals surface area (Å²) in [6.45, 7) is 5.71. The van der Waals surface area contributed by atoms with Crippen molar-refractivity contribution in [2.45, 2.75) is 110 Å². The van der Waals surface area contributed by atoms with Gasteiger partial charge in [-0.2, -0.15) is 0 Å². The van der Waals surface area contributed by atoms with Crippen LogP contribution in [0.15, 0.2) is 42.7 Å². The van der Waals surface area contributed by atoms with Gasteiger partial charge in [0.15, 0.2) is 0 Å². The Labute approximate surface area is 202 Å². The molecule has 2 aromatic rings. The zero-order chi connectivity index (χ0) is 21.3. The van der Waals surface area contributed by atoms with Gasteiger partial charge in [0.05, 0.1) is 12.1 Å². The Morgan fingerprint density at radius 2 is 1.32 bits per heavy atom. The first-order valence-electron chi connectivity index (χ1n) is 12.6. The second-order valence-electron chi connectivity index (χ2n) is 8.58. The number of hydrogen-bond acceptors (Lipinski definition) is 1. The Kier molecular flexibility index (Phi) is 16.9. The van der Waals surface area contributed by atoms with Gasteiger partial charge in [-0.15, -0.1) is 11.8 Å². The zero-order valence-electron chi connectivity index (χ0n) is 20.0. The van der Waals surface area contributed by atoms with Crippen molar-refractivity contribution in [3.8, 4) is 11.4 Å². The molecule has 2 rings (SSSR count). The lowest BCUT2D eigenvalue weighted by atomic mass is 10.1. The molecule has 0 N–H and O–H groups in total. The van der Waals surface area contributed by atoms with E-state index in [1.165, 1.54) is 101 Å². The highest BCUT2D eigenvalue weighted by Crippen LogP contribution is 2.19. The van der Waals surface area contributed by atoms with Crippen molar-refractivity contribution < 1.29 is 17.0 Å². The first-order chi connectivity index (χ1) is 14.9. The van der Waals surface area contributed by atoms with Gasteiger partial charge in [-0.05, 0) is 37.1 Å². The van der Waals surface area contributed by atoms with Crippen LogP contribution in [-0.2, 0) is 12.4 Å². The molecular weight excluding hydrogens is 420 g/mol. The van der Waals surface area contributed by atoms with Crippen molar-refractivity contribution >= 4 is 11.8 Å². The third-order valence-electron chi connectivity index (χ3n) is 5.88. The smallest absolute Gasteiger partial charge is 0.289 e. The van der Waals surface area contributed by atoms with Gasteiger partial charge in [-0.1, -0.05) is 96.3 Å². The predicted molar refractivity (Wildman–Crippen MR) is 134 cm³/mol. The van der Waals surface area contributed by atoms with Gasteiger partial charge in [0.2, 0.25) is 0 Å². The number of benzene rings is 1. The highest BCUT2D eigenvalue weighted by molar-refractivity contribution is 7.98. The number of nitrogens with zero attached hydrogens (tertiary/aromatic N) is 2. The molecular formula is C27H45ClN2S. The zero-order valence-corrected chi connectivity index (χ0v) is 21.6. The molecule has 0 saturated carbocycles. The monoisotopic (exact) mass is 464 g/mol. The molecule has 0 amide bonds. The Hall–Kier alpha value is -0.930. The minimum absolute atomic E-state index is 0. The lowest BCUT2D eigenvalue weighted by Crippen LogP contribution is -3.00. The third kappa shape index (κ3) is 11.5. The molecule has 0 aliphatic carbocycles. The molecule has 0 saturated heterocycles. The largest absolute Gasteiger partial charge is 1.00 e. The molecule has 0 radical (unpaired) electrons. The molecule has 31 heavy (non-hydrogen) atoms. The van der Waals surface area contributed by atoms with E-state index in [9.17, 15) is 0 Å². The Balaban J connectivity index is 0.00000480. The van der Waals surface area contributed by atoms with Crippen LogP contribution in [0.25, 0.3) is 11.4 Å². The van der Waals surface area contributed by atoms with Crippen molar-refractivity contribution in [2.75, 3.05) is 5.75 Å². The lowest BCUT2D eigenvalue weighted by Gasteiger charge is -2.06. The van der Waals surface area contributed by atoms with Crippen LogP contribution in [0.3, 0.4) is 0 Å². The average molecular weight is 465 g/mol. The minimum atomic E-state index is 0. The molecule has 1 aromatic heterocycles. The van der Waals surface area contributed by atoms with E-state index in [2.05, 4.69) is 77.5 Å². The molecule has 0 atom stereocenters. The van der Waals surface area contributed by atoms with Gasteiger partial charge in [-0.25, -0.2) is 9.13 Å². The second kappa shape index (κ2) is 18.6. The van der Waals surface area contributed by atoms with Gasteiger partial charge < -0.3 is 12.4 Å². The second-order valence-corrected chi connectivity index (χ2v) is 9.65. The quantitative estimate of drug-likeness (QED) is 0.216. The van der Waals surface area contributed by atoms with Crippen molar-refractivity contribution in [1.82, 2.24) is 4.57 Å². The van der Waals surface area contributed by atoms with Crippen LogP contribution < -0.4 is 17.0 Å². The average Bonchev–Trinajstić information content (AvgIpc) is 3.18. The number of thioether (sulfide) groups is 1. The summed E-state index contributed by atoms with van der Waals surface area (Å²) in [5.41, 5.74) is 1.34. The van der Waals surface area contributed by atoms with Crippen molar-refractivity contribution in [3.05, 3.63) is 42.7 Å². The van der Waals surface area contributed by atoms with Crippen molar-refractivity contribution in [2.24, 2.45) is 0 Å². The first-order valence-corrected chi connectivity index (χ1v) is 13.7. The summed E-state index contributed by atoms with van der Waals surface area (Å²) in [4.78, 5) is 0. The molecule has 1 heterocycles. The van der Waals surface area contributed by atoms with E-state index >= 15 is 0 Å². The lowest BCUT2D eigenvalue weighted by molar-refractivity contribution is -0.664. The third-order valence-corrected chi connectivity index (χ3v) is 6.92. The molecule has 0 spiro atoms. The van der Waals surface area contributed by atoms with E-state index in [1.54, 1.807) is 0 Å². The molecule has 1 aromatic carbocycles. The summed E-state index contributed by atoms with van der Waals surface area (Å²) in [5, 5.41) is 0. The van der Waals surface area contributed by atoms with E-state index in [1.807, 2.05) is 0 Å². The van der Waals surface area contributed by atoms with Crippen molar-refractivity contribution in [1.29, 1.82) is 0 Å². The van der Waals surface area contributed by atoms with Gasteiger partial charge in [0.1, 0.15) is 18.3 Å². The van der Waals surface area contributed by atoms with Crippen LogP contribution in [-0.4, -0.2) is 10.3 Å². The molecule has 0 unspecified atom stereocenters. The Morgan fingerprint density at radius 1 is 0.742 bits per heavy atom. The molecule has 0 aliphatic heterocycles. The predicted octanol–water partition coefficient (Wildman–Crippen LogP) is 5.25. The van der Waals surface area contributed by atoms with Crippen LogP contribution in [0.4, 0.5) is 0 Å². The van der Waals surface area contributed by atoms with E-state index in [-0.39, 0.29) is 12.4 Å². The SMILES string of the molecule is CCCCCCCCCCCCn1cc[n+](CSCCCCC)c1-c1ccccc1.[Cl-]. The number of hydrogen-bond donors (Lipinski definition) is 0. The van der Waals surface area contributed by atoms with Gasteiger partial charge in [0, 0.05) is 0 Å². The van der Waals surface area contributed by atoms with Crippen LogP contribution in [0.5, 0.6) is 0 Å². The summed E-state index contributed by atoms with van der Waals surface area (Å²) >= 11 is 2.06. The molecule has 0 fully saturated rings. The molecule has 176 valence electrons. The maximum atomic E-state index is 2.48. The molecule has 0 bridgehead atoms. The van der Waals surface area contributed by atoms with Gasteiger partial charge >= 0.3 is 0 Å². The number of halogens is 1. The van der Waals surface area contributed by atoms with Crippen LogP contribution in [0.1, 0.15) is 97.3 Å². The van der Waals surface area contributed by atoms with Crippen LogP contribution in [0, 0.1) is 0 Å². The highest BCUT2D eigenvalue weighted by Gasteiger charge is 2.18. The first kappa shape index (κ1) is 28.1. The number of aromatic nitrogens is 2. The van der Waals surface area contributed by atoms with Crippen LogP contribution >= 0.6 is 11.8 Å². The van der Waals surface area contributed by atoms with Crippen LogP contribution in [0.2, 0.25) is 0 Å². The van der Waals surface area contributed by atoms with E-state index in [0.29, 0.717) is 0 Å². The maximum absolute atomic E-state index is 2.48. The number of rotatable bonds is 18. The van der Waals surface area contributed by atoms with E-state index in [0.717, 1.165) is 12.4 Å². The topological polar surface area (TPSA) is 8.81 Å². The minimum Gasteiger partial charge on any atom is -1.00 e. The summed E-state index contributed by atoms with van der Waals surface area (Å²) in [7, 11) is 0. The van der Waals surface area contributed by atoms with Crippen molar-refractivity contribution in [3.63, 3.8) is 0 Å². The summed E-state index contributed by atoms with van der Waals surface area (Å²) in [6.07, 6.45) is 22.5. The number of unbranched alkanes of at least 4 members (excludes halogenated alkanes) is 11. The molecule has 4 heteroatoms. The fourth-order valence-corrected chi connectivity index (χ4v) is 5.00. The Morgan fingerprint density at radius 3 is 1.97 bits per heavy atom. The van der Waals surface area contributed by atoms with E-state index in [4.69, 9.17) is 0 Å². The Bertz CT molecular complexity index is 657. The maximum Gasteiger partial charge on any atom is 0.289 e. The molecule has 2 nitrogen and oxygen atoms in total. The summed E-state index contributed by atoms with van der Waals surface area (Å²) in [5.74, 6) is 3.69. The summed E-state index contributed by atoms with van der Waals surface area (Å²) in [6, 6.07) is 10.9. The number of aryl methyl sites for hydroxylation is 1. The molecule has 0 aliphatic rings. The number of imidazole rings is 1. The fraction of sp³-hybridized carbons (Fsp3) is 0.667. The van der Waals surface area contributed by atoms with Gasteiger partial charge in [-0.3, -0.25) is 0 Å². The van der Waals surface area contributed by atoms with Gasteiger partial charge in [0.25, 0.3) is 5.82 Å².